The van der Waals surface area contributed by atoms with Crippen LogP contribution in [0.5, 0.6) is 0 Å². The Balaban J connectivity index is 2.54. The molecule has 0 saturated heterocycles. The van der Waals surface area contributed by atoms with Crippen LogP contribution in [0.4, 0.5) is 0 Å². The van der Waals surface area contributed by atoms with Gasteiger partial charge in [-0.15, -0.1) is 0 Å². The Bertz CT molecular complexity index is 196. The van der Waals surface area contributed by atoms with Crippen LogP contribution in [0.2, 0.25) is 0 Å². The summed E-state index contributed by atoms with van der Waals surface area (Å²) in [5.74, 6) is -0.911. The van der Waals surface area contributed by atoms with Gasteiger partial charge in [0.25, 0.3) is 0 Å². The van der Waals surface area contributed by atoms with Gasteiger partial charge in [0.1, 0.15) is 0 Å². The highest BCUT2D eigenvalue weighted by molar-refractivity contribution is 5.78. The predicted molar refractivity (Wildman–Crippen MR) is 46.4 cm³/mol. The van der Waals surface area contributed by atoms with E-state index in [2.05, 4.69) is 0 Å². The summed E-state index contributed by atoms with van der Waals surface area (Å²) in [6, 6.07) is 0. The molecule has 76 valence electrons. The monoisotopic (exact) mass is 188 g/mol. The first-order chi connectivity index (χ1) is 5.98. The van der Waals surface area contributed by atoms with Crippen LogP contribution in [-0.4, -0.2) is 34.0 Å². The van der Waals surface area contributed by atoms with Gasteiger partial charge < -0.3 is 14.9 Å². The topological polar surface area (TPSA) is 66.8 Å². The number of aliphatic carboxylic acids is 1. The van der Waals surface area contributed by atoms with Crippen LogP contribution in [0, 0.1) is 0 Å². The van der Waals surface area contributed by atoms with E-state index >= 15 is 0 Å². The number of ether oxygens (including phenoxy) is 1. The highest BCUT2D eigenvalue weighted by Crippen LogP contribution is 2.37. The molecule has 0 aromatic rings. The highest BCUT2D eigenvalue weighted by Gasteiger charge is 2.47. The molecular formula is C9H16O4. The zero-order chi connectivity index (χ0) is 10.1. The molecule has 1 saturated carbocycles. The summed E-state index contributed by atoms with van der Waals surface area (Å²) in [6.07, 6.45) is 0.950. The molecule has 1 aliphatic rings. The minimum atomic E-state index is -1.02. The first-order valence-corrected chi connectivity index (χ1v) is 4.57. The number of carboxylic acids is 1. The fourth-order valence-electron chi connectivity index (χ4n) is 1.33. The Morgan fingerprint density at radius 2 is 2.00 bits per heavy atom. The normalized spacial score (nSPS) is 24.5. The zero-order valence-corrected chi connectivity index (χ0v) is 7.99. The molecule has 0 aliphatic heterocycles. The lowest BCUT2D eigenvalue weighted by atomic mass is 9.80. The van der Waals surface area contributed by atoms with Crippen molar-refractivity contribution in [2.24, 2.45) is 0 Å². The third-order valence-electron chi connectivity index (χ3n) is 2.64. The number of hydrogen-bond acceptors (Lipinski definition) is 3. The van der Waals surface area contributed by atoms with Gasteiger partial charge in [0.2, 0.25) is 0 Å². The molecule has 0 spiro atoms. The van der Waals surface area contributed by atoms with Gasteiger partial charge in [-0.25, -0.2) is 4.79 Å². The van der Waals surface area contributed by atoms with E-state index in [9.17, 15) is 4.79 Å². The number of aliphatic hydroxyl groups excluding tert-OH is 1. The van der Waals surface area contributed by atoms with E-state index in [1.165, 1.54) is 0 Å². The summed E-state index contributed by atoms with van der Waals surface area (Å²) in [5, 5.41) is 18.1. The number of carbonyl (C=O) groups is 1. The zero-order valence-electron chi connectivity index (χ0n) is 7.99. The van der Waals surface area contributed by atoms with Crippen molar-refractivity contribution >= 4 is 5.97 Å². The van der Waals surface area contributed by atoms with Crippen LogP contribution < -0.4 is 0 Å². The fourth-order valence-corrected chi connectivity index (χ4v) is 1.33. The molecule has 2 atom stereocenters. The number of aliphatic hydroxyl groups is 1. The largest absolute Gasteiger partial charge is 0.479 e. The van der Waals surface area contributed by atoms with E-state index in [-0.39, 0.29) is 0 Å². The molecule has 1 fully saturated rings. The van der Waals surface area contributed by atoms with Crippen molar-refractivity contribution in [1.29, 1.82) is 0 Å². The lowest BCUT2D eigenvalue weighted by Gasteiger charge is -2.40. The molecule has 0 aromatic carbocycles. The van der Waals surface area contributed by atoms with Crippen molar-refractivity contribution in [3.63, 3.8) is 0 Å². The average Bonchev–Trinajstić information content (AvgIpc) is 1.95. The molecule has 2 unspecified atom stereocenters. The lowest BCUT2D eigenvalue weighted by Crippen LogP contribution is -2.51. The molecule has 0 heterocycles. The molecule has 0 amide bonds. The van der Waals surface area contributed by atoms with E-state index < -0.39 is 23.8 Å². The number of carboxylic acid groups (broad SMARTS) is 1. The van der Waals surface area contributed by atoms with Crippen molar-refractivity contribution < 1.29 is 19.7 Å². The quantitative estimate of drug-likeness (QED) is 0.684. The molecule has 1 rings (SSSR count). The van der Waals surface area contributed by atoms with Gasteiger partial charge in [-0.3, -0.25) is 0 Å². The van der Waals surface area contributed by atoms with Crippen molar-refractivity contribution in [2.45, 2.75) is 50.9 Å². The summed E-state index contributed by atoms with van der Waals surface area (Å²) >= 11 is 0. The first kappa shape index (κ1) is 10.5. The summed E-state index contributed by atoms with van der Waals surface area (Å²) < 4.78 is 5.35. The summed E-state index contributed by atoms with van der Waals surface area (Å²) in [6.45, 7) is 3.28. The third-order valence-corrected chi connectivity index (χ3v) is 2.64. The highest BCUT2D eigenvalue weighted by atomic mass is 16.5. The smallest absolute Gasteiger partial charge is 0.335 e. The van der Waals surface area contributed by atoms with Crippen LogP contribution in [-0.2, 0) is 9.53 Å². The molecule has 0 radical (unpaired) electrons. The standard InChI is InChI=1S/C9H16O4/c1-6(10)7(2)13-9(8(11)12)4-3-5-9/h6-7,10H,3-5H2,1-2H3,(H,11,12). The second-order valence-electron chi connectivity index (χ2n) is 3.72. The van der Waals surface area contributed by atoms with Crippen LogP contribution in [0.1, 0.15) is 33.1 Å². The van der Waals surface area contributed by atoms with Crippen LogP contribution in [0.25, 0.3) is 0 Å². The Morgan fingerprint density at radius 3 is 2.23 bits per heavy atom. The Hall–Kier alpha value is -0.610. The number of rotatable bonds is 4. The van der Waals surface area contributed by atoms with Crippen molar-refractivity contribution in [1.82, 2.24) is 0 Å². The molecular weight excluding hydrogens is 172 g/mol. The van der Waals surface area contributed by atoms with Gasteiger partial charge in [-0.1, -0.05) is 0 Å². The number of hydrogen-bond donors (Lipinski definition) is 2. The third kappa shape index (κ3) is 2.00. The van der Waals surface area contributed by atoms with E-state index in [0.717, 1.165) is 6.42 Å². The maximum Gasteiger partial charge on any atom is 0.335 e. The first-order valence-electron chi connectivity index (χ1n) is 4.57. The fraction of sp³-hybridized carbons (Fsp3) is 0.889. The van der Waals surface area contributed by atoms with Crippen molar-refractivity contribution in [3.8, 4) is 0 Å². The molecule has 4 nitrogen and oxygen atoms in total. The molecule has 2 N–H and O–H groups in total. The predicted octanol–water partition coefficient (Wildman–Crippen LogP) is 0.780. The summed E-state index contributed by atoms with van der Waals surface area (Å²) in [4.78, 5) is 10.9. The Kier molecular flexibility index (Phi) is 2.93. The van der Waals surface area contributed by atoms with Gasteiger partial charge in [-0.2, -0.15) is 0 Å². The summed E-state index contributed by atoms with van der Waals surface area (Å²) in [7, 11) is 0. The minimum absolute atomic E-state index is 0.420. The van der Waals surface area contributed by atoms with Crippen LogP contribution in [0.3, 0.4) is 0 Å². The Labute approximate surface area is 77.5 Å². The van der Waals surface area contributed by atoms with E-state index in [1.54, 1.807) is 13.8 Å². The van der Waals surface area contributed by atoms with Gasteiger partial charge in [0.05, 0.1) is 12.2 Å². The molecule has 13 heavy (non-hydrogen) atoms. The van der Waals surface area contributed by atoms with Crippen LogP contribution >= 0.6 is 0 Å². The average molecular weight is 188 g/mol. The second kappa shape index (κ2) is 3.64. The molecule has 0 bridgehead atoms. The van der Waals surface area contributed by atoms with E-state index in [0.29, 0.717) is 12.8 Å². The molecule has 0 aromatic heterocycles. The van der Waals surface area contributed by atoms with E-state index in [4.69, 9.17) is 14.9 Å². The maximum atomic E-state index is 10.9. The van der Waals surface area contributed by atoms with Crippen molar-refractivity contribution in [2.75, 3.05) is 0 Å². The Morgan fingerprint density at radius 1 is 1.46 bits per heavy atom. The minimum Gasteiger partial charge on any atom is -0.479 e. The van der Waals surface area contributed by atoms with Gasteiger partial charge in [-0.05, 0) is 33.1 Å². The lowest BCUT2D eigenvalue weighted by molar-refractivity contribution is -0.196. The van der Waals surface area contributed by atoms with Crippen molar-refractivity contribution in [3.05, 3.63) is 0 Å². The maximum absolute atomic E-state index is 10.9. The van der Waals surface area contributed by atoms with Gasteiger partial charge in [0, 0.05) is 0 Å². The summed E-state index contributed by atoms with van der Waals surface area (Å²) in [5.41, 5.74) is -1.02. The van der Waals surface area contributed by atoms with E-state index in [1.807, 2.05) is 0 Å². The van der Waals surface area contributed by atoms with Crippen LogP contribution in [0.15, 0.2) is 0 Å². The molecule has 1 aliphatic carbocycles. The molecule has 4 heteroatoms. The van der Waals surface area contributed by atoms with Gasteiger partial charge in [0.15, 0.2) is 5.60 Å². The van der Waals surface area contributed by atoms with Gasteiger partial charge >= 0.3 is 5.97 Å². The SMILES string of the molecule is CC(O)C(C)OC1(C(=O)O)CCC1. The second-order valence-corrected chi connectivity index (χ2v) is 3.72.